The molecule has 18 heavy (non-hydrogen) atoms. The number of hydrogen-bond donors (Lipinski definition) is 2. The van der Waals surface area contributed by atoms with Gasteiger partial charge >= 0.3 is 0 Å². The summed E-state index contributed by atoms with van der Waals surface area (Å²) >= 11 is 0. The average Bonchev–Trinajstić information content (AvgIpc) is 2.29. The first-order valence-corrected chi connectivity index (χ1v) is 6.76. The third-order valence-corrected chi connectivity index (χ3v) is 3.60. The second-order valence-electron chi connectivity index (χ2n) is 5.42. The molecule has 0 aliphatic heterocycles. The lowest BCUT2D eigenvalue weighted by Crippen LogP contribution is -2.53. The van der Waals surface area contributed by atoms with Gasteiger partial charge in [-0.25, -0.2) is 0 Å². The van der Waals surface area contributed by atoms with E-state index in [0.29, 0.717) is 0 Å². The molecular weight excluding hydrogens is 226 g/mol. The molecule has 2 rings (SSSR count). The van der Waals surface area contributed by atoms with E-state index in [-0.39, 0.29) is 18.2 Å². The zero-order valence-corrected chi connectivity index (χ0v) is 11.3. The van der Waals surface area contributed by atoms with Gasteiger partial charge in [0, 0.05) is 17.6 Å². The summed E-state index contributed by atoms with van der Waals surface area (Å²) in [4.78, 5) is 0. The lowest BCUT2D eigenvalue weighted by molar-refractivity contribution is 0.0867. The SMILES string of the molecule is CC(C)Oc1ccccc1CNC1(CO)CCC1. The van der Waals surface area contributed by atoms with Crippen molar-refractivity contribution in [2.24, 2.45) is 0 Å². The van der Waals surface area contributed by atoms with Crippen molar-refractivity contribution in [3.8, 4) is 5.75 Å². The van der Waals surface area contributed by atoms with Crippen LogP contribution in [0.5, 0.6) is 5.75 Å². The molecule has 3 heteroatoms. The van der Waals surface area contributed by atoms with E-state index in [1.54, 1.807) is 0 Å². The van der Waals surface area contributed by atoms with Crippen LogP contribution in [0.25, 0.3) is 0 Å². The van der Waals surface area contributed by atoms with Crippen LogP contribution in [0.3, 0.4) is 0 Å². The molecule has 1 saturated carbocycles. The number of ether oxygens (including phenoxy) is 1. The van der Waals surface area contributed by atoms with Gasteiger partial charge in [0.05, 0.1) is 12.7 Å². The smallest absolute Gasteiger partial charge is 0.124 e. The highest BCUT2D eigenvalue weighted by Gasteiger charge is 2.35. The number of benzene rings is 1. The predicted molar refractivity (Wildman–Crippen MR) is 72.7 cm³/mol. The van der Waals surface area contributed by atoms with Crippen molar-refractivity contribution in [1.82, 2.24) is 5.32 Å². The van der Waals surface area contributed by atoms with Gasteiger partial charge in [0.1, 0.15) is 5.75 Å². The fourth-order valence-electron chi connectivity index (χ4n) is 2.30. The Bertz CT molecular complexity index is 380. The molecule has 1 fully saturated rings. The maximum atomic E-state index is 9.44. The van der Waals surface area contributed by atoms with Crippen LogP contribution in [0.2, 0.25) is 0 Å². The molecule has 1 aromatic carbocycles. The van der Waals surface area contributed by atoms with E-state index in [1.807, 2.05) is 32.0 Å². The zero-order valence-electron chi connectivity index (χ0n) is 11.3. The highest BCUT2D eigenvalue weighted by atomic mass is 16.5. The lowest BCUT2D eigenvalue weighted by atomic mass is 9.77. The Labute approximate surface area is 109 Å². The maximum absolute atomic E-state index is 9.44. The third kappa shape index (κ3) is 3.03. The van der Waals surface area contributed by atoms with Gasteiger partial charge in [-0.15, -0.1) is 0 Å². The normalized spacial score (nSPS) is 17.6. The molecule has 0 atom stereocenters. The predicted octanol–water partition coefficient (Wildman–Crippen LogP) is 2.48. The Hall–Kier alpha value is -1.06. The van der Waals surface area contributed by atoms with Crippen LogP contribution in [0.1, 0.15) is 38.7 Å². The summed E-state index contributed by atoms with van der Waals surface area (Å²) in [5.41, 5.74) is 1.11. The molecule has 0 radical (unpaired) electrons. The quantitative estimate of drug-likeness (QED) is 0.814. The minimum atomic E-state index is -0.0507. The molecule has 1 aromatic rings. The van der Waals surface area contributed by atoms with E-state index >= 15 is 0 Å². The number of rotatable bonds is 6. The zero-order chi connectivity index (χ0) is 13.0. The van der Waals surface area contributed by atoms with E-state index in [4.69, 9.17) is 4.74 Å². The Balaban J connectivity index is 2.00. The molecule has 0 aromatic heterocycles. The van der Waals surface area contributed by atoms with Crippen molar-refractivity contribution in [3.63, 3.8) is 0 Å². The Morgan fingerprint density at radius 2 is 2.06 bits per heavy atom. The van der Waals surface area contributed by atoms with Gasteiger partial charge in [-0.05, 0) is 39.2 Å². The molecule has 0 amide bonds. The van der Waals surface area contributed by atoms with Crippen molar-refractivity contribution in [1.29, 1.82) is 0 Å². The van der Waals surface area contributed by atoms with E-state index in [2.05, 4.69) is 11.4 Å². The number of hydrogen-bond acceptors (Lipinski definition) is 3. The van der Waals surface area contributed by atoms with Gasteiger partial charge in [-0.2, -0.15) is 0 Å². The first-order valence-electron chi connectivity index (χ1n) is 6.76. The lowest BCUT2D eigenvalue weighted by Gasteiger charge is -2.41. The van der Waals surface area contributed by atoms with Crippen molar-refractivity contribution in [3.05, 3.63) is 29.8 Å². The molecule has 0 unspecified atom stereocenters. The number of aliphatic hydroxyl groups is 1. The number of aliphatic hydroxyl groups excluding tert-OH is 1. The summed E-state index contributed by atoms with van der Waals surface area (Å²) in [6.45, 7) is 5.04. The molecule has 100 valence electrons. The van der Waals surface area contributed by atoms with E-state index in [9.17, 15) is 5.11 Å². The molecule has 0 bridgehead atoms. The van der Waals surface area contributed by atoms with E-state index in [1.165, 1.54) is 6.42 Å². The standard InChI is InChI=1S/C15H23NO2/c1-12(2)18-14-7-4-3-6-13(14)10-16-15(11-17)8-5-9-15/h3-4,6-7,12,16-17H,5,8-11H2,1-2H3. The Morgan fingerprint density at radius 3 is 2.61 bits per heavy atom. The maximum Gasteiger partial charge on any atom is 0.124 e. The van der Waals surface area contributed by atoms with Crippen LogP contribution in [0.15, 0.2) is 24.3 Å². The molecule has 1 aliphatic rings. The number of nitrogens with one attached hydrogen (secondary N) is 1. The molecule has 0 heterocycles. The average molecular weight is 249 g/mol. The second-order valence-corrected chi connectivity index (χ2v) is 5.42. The Morgan fingerprint density at radius 1 is 1.33 bits per heavy atom. The summed E-state index contributed by atoms with van der Waals surface area (Å²) < 4.78 is 5.79. The van der Waals surface area contributed by atoms with Crippen molar-refractivity contribution in [2.45, 2.75) is 51.3 Å². The molecule has 0 saturated heterocycles. The van der Waals surface area contributed by atoms with Gasteiger partial charge in [0.15, 0.2) is 0 Å². The largest absolute Gasteiger partial charge is 0.491 e. The summed E-state index contributed by atoms with van der Waals surface area (Å²) in [5.74, 6) is 0.937. The van der Waals surface area contributed by atoms with Crippen molar-refractivity contribution >= 4 is 0 Å². The molecule has 0 spiro atoms. The van der Waals surface area contributed by atoms with Crippen molar-refractivity contribution < 1.29 is 9.84 Å². The van der Waals surface area contributed by atoms with E-state index < -0.39 is 0 Å². The van der Waals surface area contributed by atoms with Gasteiger partial charge in [-0.3, -0.25) is 0 Å². The van der Waals surface area contributed by atoms with Gasteiger partial charge in [0.2, 0.25) is 0 Å². The van der Waals surface area contributed by atoms with Crippen LogP contribution in [-0.4, -0.2) is 23.4 Å². The summed E-state index contributed by atoms with van der Waals surface area (Å²) in [6.07, 6.45) is 3.52. The fourth-order valence-corrected chi connectivity index (χ4v) is 2.30. The highest BCUT2D eigenvalue weighted by molar-refractivity contribution is 5.33. The first kappa shape index (κ1) is 13.4. The molecular formula is C15H23NO2. The number of para-hydroxylation sites is 1. The van der Waals surface area contributed by atoms with Crippen molar-refractivity contribution in [2.75, 3.05) is 6.61 Å². The highest BCUT2D eigenvalue weighted by Crippen LogP contribution is 2.32. The fraction of sp³-hybridized carbons (Fsp3) is 0.600. The van der Waals surface area contributed by atoms with Gasteiger partial charge in [-0.1, -0.05) is 18.2 Å². The topological polar surface area (TPSA) is 41.5 Å². The van der Waals surface area contributed by atoms with E-state index in [0.717, 1.165) is 30.7 Å². The molecule has 3 nitrogen and oxygen atoms in total. The summed E-state index contributed by atoms with van der Waals surface area (Å²) in [6, 6.07) is 8.10. The van der Waals surface area contributed by atoms with Crippen LogP contribution < -0.4 is 10.1 Å². The van der Waals surface area contributed by atoms with Gasteiger partial charge in [0.25, 0.3) is 0 Å². The summed E-state index contributed by atoms with van der Waals surface area (Å²) in [5, 5.41) is 12.9. The molecule has 2 N–H and O–H groups in total. The third-order valence-electron chi connectivity index (χ3n) is 3.60. The Kier molecular flexibility index (Phi) is 4.25. The van der Waals surface area contributed by atoms with Crippen LogP contribution in [-0.2, 0) is 6.54 Å². The molecule has 1 aliphatic carbocycles. The van der Waals surface area contributed by atoms with Crippen LogP contribution in [0, 0.1) is 0 Å². The minimum absolute atomic E-state index is 0.0507. The van der Waals surface area contributed by atoms with Crippen LogP contribution >= 0.6 is 0 Å². The van der Waals surface area contributed by atoms with Crippen LogP contribution in [0.4, 0.5) is 0 Å². The monoisotopic (exact) mass is 249 g/mol. The minimum Gasteiger partial charge on any atom is -0.491 e. The first-order chi connectivity index (χ1) is 8.65. The second kappa shape index (κ2) is 5.72. The van der Waals surface area contributed by atoms with Gasteiger partial charge < -0.3 is 15.2 Å². The summed E-state index contributed by atoms with van der Waals surface area (Å²) in [7, 11) is 0.